The van der Waals surface area contributed by atoms with Crippen molar-refractivity contribution >= 4 is 17.3 Å². The Bertz CT molecular complexity index is 495. The van der Waals surface area contributed by atoms with Gasteiger partial charge in [-0.05, 0) is 24.1 Å². The molecule has 0 spiro atoms. The first-order chi connectivity index (χ1) is 8.47. The van der Waals surface area contributed by atoms with Crippen LogP contribution in [-0.4, -0.2) is 29.6 Å². The number of benzene rings is 1. The Kier molecular flexibility index (Phi) is 3.32. The van der Waals surface area contributed by atoms with Crippen LogP contribution in [0.15, 0.2) is 18.2 Å². The number of carbonyl (C=O) groups excluding carboxylic acids is 1. The van der Waals surface area contributed by atoms with Gasteiger partial charge in [0.2, 0.25) is 5.91 Å². The highest BCUT2D eigenvalue weighted by Crippen LogP contribution is 2.19. The van der Waals surface area contributed by atoms with Gasteiger partial charge >= 0.3 is 0 Å². The molecule has 1 heterocycles. The van der Waals surface area contributed by atoms with Gasteiger partial charge in [0.1, 0.15) is 5.82 Å². The predicted molar refractivity (Wildman–Crippen MR) is 68.0 cm³/mol. The summed E-state index contributed by atoms with van der Waals surface area (Å²) >= 11 is 0. The number of nitrogen functional groups attached to an aromatic ring is 1. The van der Waals surface area contributed by atoms with Gasteiger partial charge in [0.05, 0.1) is 6.42 Å². The summed E-state index contributed by atoms with van der Waals surface area (Å²) in [7, 11) is 0. The molecule has 5 heteroatoms. The number of nitrogens with two attached hydrogens (primary N) is 1. The second-order valence-electron chi connectivity index (χ2n) is 4.79. The smallest absolute Gasteiger partial charge is 0.228 e. The second kappa shape index (κ2) is 4.76. The van der Waals surface area contributed by atoms with Crippen molar-refractivity contribution in [1.82, 2.24) is 4.90 Å². The maximum atomic E-state index is 12.9. The zero-order valence-corrected chi connectivity index (χ0v) is 10.2. The maximum Gasteiger partial charge on any atom is 0.228 e. The van der Waals surface area contributed by atoms with Gasteiger partial charge in [-0.3, -0.25) is 4.79 Å². The van der Waals surface area contributed by atoms with Crippen LogP contribution in [0.25, 0.3) is 0 Å². The highest BCUT2D eigenvalue weighted by Gasteiger charge is 2.27. The van der Waals surface area contributed by atoms with Crippen LogP contribution in [0.5, 0.6) is 0 Å². The van der Waals surface area contributed by atoms with Gasteiger partial charge in [-0.1, -0.05) is 6.92 Å². The first-order valence-corrected chi connectivity index (χ1v) is 5.88. The molecule has 0 aromatic heterocycles. The van der Waals surface area contributed by atoms with Crippen molar-refractivity contribution in [3.63, 3.8) is 0 Å². The molecule has 1 saturated heterocycles. The van der Waals surface area contributed by atoms with Gasteiger partial charge in [0.25, 0.3) is 0 Å². The summed E-state index contributed by atoms with van der Waals surface area (Å²) < 4.78 is 12.9. The lowest BCUT2D eigenvalue weighted by atomic mass is 10.00. The summed E-state index contributed by atoms with van der Waals surface area (Å²) in [5.41, 5.74) is 6.40. The number of anilines is 1. The van der Waals surface area contributed by atoms with Crippen LogP contribution in [0.2, 0.25) is 0 Å². The number of halogens is 1. The maximum absolute atomic E-state index is 12.9. The summed E-state index contributed by atoms with van der Waals surface area (Å²) in [4.78, 5) is 13.5. The van der Waals surface area contributed by atoms with Gasteiger partial charge in [0.15, 0.2) is 0 Å². The number of nitrogens with one attached hydrogen (secondary N) is 1. The highest BCUT2D eigenvalue weighted by atomic mass is 19.1. The van der Waals surface area contributed by atoms with E-state index in [1.807, 2.05) is 0 Å². The number of carbonyl (C=O) groups is 1. The van der Waals surface area contributed by atoms with Crippen molar-refractivity contribution in [3.8, 4) is 0 Å². The molecule has 96 valence electrons. The van der Waals surface area contributed by atoms with Crippen molar-refractivity contribution in [2.75, 3.05) is 18.8 Å². The zero-order chi connectivity index (χ0) is 13.3. The lowest BCUT2D eigenvalue weighted by molar-refractivity contribution is -0.135. The van der Waals surface area contributed by atoms with Crippen LogP contribution >= 0.6 is 0 Å². The zero-order valence-electron chi connectivity index (χ0n) is 10.2. The highest BCUT2D eigenvalue weighted by molar-refractivity contribution is 6.11. The van der Waals surface area contributed by atoms with E-state index in [0.717, 1.165) is 13.1 Å². The third kappa shape index (κ3) is 2.50. The molecule has 1 aliphatic rings. The molecule has 0 aliphatic carbocycles. The number of hydrogen-bond donors (Lipinski definition) is 2. The number of rotatable bonds is 3. The Morgan fingerprint density at radius 3 is 2.78 bits per heavy atom. The number of amides is 1. The minimum absolute atomic E-state index is 0.0164. The minimum atomic E-state index is -0.438. The van der Waals surface area contributed by atoms with Crippen LogP contribution in [0.3, 0.4) is 0 Å². The molecule has 0 radical (unpaired) electrons. The fraction of sp³-hybridized carbons (Fsp3) is 0.385. The predicted octanol–water partition coefficient (Wildman–Crippen LogP) is 1.64. The molecule has 1 amide bonds. The Morgan fingerprint density at radius 1 is 1.56 bits per heavy atom. The van der Waals surface area contributed by atoms with E-state index in [2.05, 4.69) is 6.92 Å². The monoisotopic (exact) mass is 249 g/mol. The van der Waals surface area contributed by atoms with Crippen LogP contribution in [0, 0.1) is 17.1 Å². The molecule has 0 bridgehead atoms. The molecule has 0 unspecified atom stereocenters. The number of likely N-dealkylation sites (tertiary alicyclic amines) is 1. The van der Waals surface area contributed by atoms with Gasteiger partial charge in [-0.15, -0.1) is 0 Å². The van der Waals surface area contributed by atoms with E-state index in [4.69, 9.17) is 11.1 Å². The van der Waals surface area contributed by atoms with Crippen molar-refractivity contribution in [3.05, 3.63) is 29.6 Å². The molecule has 1 fully saturated rings. The topological polar surface area (TPSA) is 70.2 Å². The molecule has 18 heavy (non-hydrogen) atoms. The van der Waals surface area contributed by atoms with Crippen molar-refractivity contribution in [2.45, 2.75) is 13.3 Å². The molecule has 4 nitrogen and oxygen atoms in total. The summed E-state index contributed by atoms with van der Waals surface area (Å²) in [6, 6.07) is 3.86. The summed E-state index contributed by atoms with van der Waals surface area (Å²) in [6.07, 6.45) is 0.0164. The first kappa shape index (κ1) is 12.5. The van der Waals surface area contributed by atoms with Crippen LogP contribution in [0.4, 0.5) is 10.1 Å². The Labute approximate surface area is 105 Å². The molecule has 3 N–H and O–H groups in total. The fourth-order valence-corrected chi connectivity index (χ4v) is 2.07. The van der Waals surface area contributed by atoms with Gasteiger partial charge in [-0.25, -0.2) is 4.39 Å². The lowest BCUT2D eigenvalue weighted by Gasteiger charge is -2.37. The average molecular weight is 249 g/mol. The SMILES string of the molecule is CC1CN(C(=O)CC(=N)c2ccc(F)cc2N)C1. The molecule has 1 aromatic rings. The van der Waals surface area contributed by atoms with Crippen LogP contribution in [-0.2, 0) is 4.79 Å². The molecular weight excluding hydrogens is 233 g/mol. The van der Waals surface area contributed by atoms with Crippen LogP contribution < -0.4 is 5.73 Å². The quantitative estimate of drug-likeness (QED) is 0.631. The van der Waals surface area contributed by atoms with E-state index in [1.165, 1.54) is 18.2 Å². The minimum Gasteiger partial charge on any atom is -0.398 e. The van der Waals surface area contributed by atoms with E-state index in [9.17, 15) is 9.18 Å². The third-order valence-electron chi connectivity index (χ3n) is 3.08. The van der Waals surface area contributed by atoms with Gasteiger partial charge in [-0.2, -0.15) is 0 Å². The molecule has 0 saturated carbocycles. The van der Waals surface area contributed by atoms with Gasteiger partial charge < -0.3 is 16.0 Å². The summed E-state index contributed by atoms with van der Waals surface area (Å²) in [5.74, 6) is 0.0350. The standard InChI is InChI=1S/C13H16FN3O/c1-8-6-17(7-8)13(18)5-12(16)10-3-2-9(14)4-11(10)15/h2-4,8,16H,5-7,15H2,1H3. The summed E-state index contributed by atoms with van der Waals surface area (Å²) in [5, 5.41) is 7.86. The Morgan fingerprint density at radius 2 is 2.22 bits per heavy atom. The third-order valence-corrected chi connectivity index (χ3v) is 3.08. The Hall–Kier alpha value is -1.91. The van der Waals surface area contributed by atoms with E-state index in [0.29, 0.717) is 11.5 Å². The van der Waals surface area contributed by atoms with E-state index in [-0.39, 0.29) is 23.7 Å². The normalized spacial score (nSPS) is 15.3. The molecule has 1 aliphatic heterocycles. The number of nitrogens with zero attached hydrogens (tertiary/aromatic N) is 1. The Balaban J connectivity index is 2.01. The van der Waals surface area contributed by atoms with Crippen molar-refractivity contribution in [2.24, 2.45) is 5.92 Å². The first-order valence-electron chi connectivity index (χ1n) is 5.88. The second-order valence-corrected chi connectivity index (χ2v) is 4.79. The lowest BCUT2D eigenvalue weighted by Crippen LogP contribution is -2.49. The van der Waals surface area contributed by atoms with E-state index < -0.39 is 5.82 Å². The van der Waals surface area contributed by atoms with E-state index in [1.54, 1.807) is 4.90 Å². The number of hydrogen-bond acceptors (Lipinski definition) is 3. The van der Waals surface area contributed by atoms with E-state index >= 15 is 0 Å². The molecule has 0 atom stereocenters. The molecular formula is C13H16FN3O. The van der Waals surface area contributed by atoms with Gasteiger partial charge in [0, 0.05) is 30.1 Å². The van der Waals surface area contributed by atoms with Crippen LogP contribution in [0.1, 0.15) is 18.9 Å². The van der Waals surface area contributed by atoms with Crippen molar-refractivity contribution < 1.29 is 9.18 Å². The molecule has 1 aromatic carbocycles. The largest absolute Gasteiger partial charge is 0.398 e. The molecule has 2 rings (SSSR count). The average Bonchev–Trinajstić information content (AvgIpc) is 2.24. The fourth-order valence-electron chi connectivity index (χ4n) is 2.07. The summed E-state index contributed by atoms with van der Waals surface area (Å²) in [6.45, 7) is 3.59. The van der Waals surface area contributed by atoms with Crippen molar-refractivity contribution in [1.29, 1.82) is 5.41 Å².